The largest absolute Gasteiger partial charge is 0.493 e. The first-order valence-corrected chi connectivity index (χ1v) is 12.3. The molecule has 0 bridgehead atoms. The second kappa shape index (κ2) is 10.4. The summed E-state index contributed by atoms with van der Waals surface area (Å²) in [6.45, 7) is 3.75. The lowest BCUT2D eigenvalue weighted by molar-refractivity contribution is -0.139. The highest BCUT2D eigenvalue weighted by molar-refractivity contribution is 7.07. The van der Waals surface area contributed by atoms with Crippen LogP contribution in [-0.2, 0) is 9.53 Å². The average Bonchev–Trinajstić information content (AvgIpc) is 3.17. The van der Waals surface area contributed by atoms with Crippen LogP contribution < -0.4 is 29.3 Å². The van der Waals surface area contributed by atoms with Crippen LogP contribution in [0, 0.1) is 0 Å². The molecule has 0 saturated heterocycles. The van der Waals surface area contributed by atoms with Gasteiger partial charge in [0.2, 0.25) is 0 Å². The van der Waals surface area contributed by atoms with Crippen molar-refractivity contribution in [3.63, 3.8) is 0 Å². The Hall–Kier alpha value is -3.85. The predicted molar refractivity (Wildman–Crippen MR) is 141 cm³/mol. The lowest BCUT2D eigenvalue weighted by atomic mass is 9.95. The molecule has 0 saturated carbocycles. The van der Waals surface area contributed by atoms with Crippen LogP contribution in [0.25, 0.3) is 6.08 Å². The Morgan fingerprint density at radius 2 is 1.86 bits per heavy atom. The maximum absolute atomic E-state index is 13.8. The van der Waals surface area contributed by atoms with Crippen LogP contribution in [-0.4, -0.2) is 45.5 Å². The zero-order chi connectivity index (χ0) is 26.0. The number of para-hydroxylation sites is 1. The summed E-state index contributed by atoms with van der Waals surface area (Å²) in [4.78, 5) is 34.0. The fourth-order valence-electron chi connectivity index (χ4n) is 4.23. The van der Waals surface area contributed by atoms with Crippen molar-refractivity contribution in [2.45, 2.75) is 19.9 Å². The third-order valence-corrected chi connectivity index (χ3v) is 6.95. The number of allylic oxidation sites excluding steroid dienone is 1. The van der Waals surface area contributed by atoms with Gasteiger partial charge in [-0.2, -0.15) is 0 Å². The fraction of sp³-hybridized carbons (Fsp3) is 0.296. The summed E-state index contributed by atoms with van der Waals surface area (Å²) in [7, 11) is 7.04. The van der Waals surface area contributed by atoms with E-state index < -0.39 is 12.0 Å². The van der Waals surface area contributed by atoms with Gasteiger partial charge in [0, 0.05) is 25.3 Å². The second-order valence-electron chi connectivity index (χ2n) is 8.37. The van der Waals surface area contributed by atoms with Crippen molar-refractivity contribution >= 4 is 29.1 Å². The molecule has 0 N–H and O–H groups in total. The van der Waals surface area contributed by atoms with E-state index in [1.54, 1.807) is 44.8 Å². The van der Waals surface area contributed by atoms with E-state index in [0.717, 1.165) is 11.3 Å². The molecule has 0 aliphatic carbocycles. The molecule has 2 heterocycles. The number of methoxy groups -OCH3 is 2. The minimum absolute atomic E-state index is 0.224. The number of carbonyl (C=O) groups excluding carboxylic acids is 1. The third-order valence-electron chi connectivity index (χ3n) is 5.96. The second-order valence-corrected chi connectivity index (χ2v) is 9.38. The highest BCUT2D eigenvalue weighted by atomic mass is 32.1. The van der Waals surface area contributed by atoms with Crippen LogP contribution in [0.2, 0.25) is 0 Å². The van der Waals surface area contributed by atoms with E-state index in [4.69, 9.17) is 14.2 Å². The van der Waals surface area contributed by atoms with Gasteiger partial charge in [0.25, 0.3) is 5.56 Å². The molecule has 1 aliphatic rings. The van der Waals surface area contributed by atoms with Gasteiger partial charge in [0.15, 0.2) is 16.3 Å². The van der Waals surface area contributed by atoms with Crippen molar-refractivity contribution in [2.75, 3.05) is 39.8 Å². The highest BCUT2D eigenvalue weighted by Crippen LogP contribution is 2.33. The first kappa shape index (κ1) is 25.2. The summed E-state index contributed by atoms with van der Waals surface area (Å²) in [6.07, 6.45) is 1.76. The van der Waals surface area contributed by atoms with Crippen LogP contribution in [0.5, 0.6) is 11.5 Å². The summed E-state index contributed by atoms with van der Waals surface area (Å²) in [6, 6.07) is 12.6. The summed E-state index contributed by atoms with van der Waals surface area (Å²) in [5, 5.41) is 0. The maximum Gasteiger partial charge on any atom is 0.338 e. The van der Waals surface area contributed by atoms with Crippen LogP contribution in [0.1, 0.15) is 31.0 Å². The number of hydrogen-bond donors (Lipinski definition) is 0. The number of anilines is 1. The average molecular weight is 508 g/mol. The van der Waals surface area contributed by atoms with Crippen LogP contribution in [0.15, 0.2) is 63.5 Å². The number of aromatic nitrogens is 1. The molecule has 0 amide bonds. The maximum atomic E-state index is 13.8. The van der Waals surface area contributed by atoms with E-state index in [-0.39, 0.29) is 12.2 Å². The van der Waals surface area contributed by atoms with E-state index in [1.807, 2.05) is 55.4 Å². The SMILES string of the molecule is CCOC(=O)C1=C(C)N=c2s/c(=C\c3cccc(OC)c3OC)c(=O)n2[C@H]1c1ccc(N(C)C)cc1. The Labute approximate surface area is 213 Å². The number of rotatable bonds is 7. The molecule has 9 heteroatoms. The zero-order valence-corrected chi connectivity index (χ0v) is 22.0. The van der Waals surface area contributed by atoms with Gasteiger partial charge in [-0.3, -0.25) is 9.36 Å². The third kappa shape index (κ3) is 4.54. The number of ether oxygens (including phenoxy) is 3. The molecule has 3 aromatic rings. The van der Waals surface area contributed by atoms with Gasteiger partial charge in [0.1, 0.15) is 0 Å². The van der Waals surface area contributed by atoms with Crippen molar-refractivity contribution in [1.29, 1.82) is 0 Å². The monoisotopic (exact) mass is 507 g/mol. The lowest BCUT2D eigenvalue weighted by Gasteiger charge is -2.25. The minimum Gasteiger partial charge on any atom is -0.493 e. The molecule has 1 aliphatic heterocycles. The van der Waals surface area contributed by atoms with Gasteiger partial charge in [0.05, 0.1) is 42.7 Å². The molecule has 188 valence electrons. The standard InChI is InChI=1S/C27H29N3O5S/c1-7-35-26(32)22-16(2)28-27-30(23(22)17-11-13-19(14-12-17)29(3)4)25(31)21(36-27)15-18-9-8-10-20(33-5)24(18)34-6/h8-15,23H,7H2,1-6H3/b21-15-/t23-/m0/s1. The molecule has 4 rings (SSSR count). The van der Waals surface area contributed by atoms with Crippen molar-refractivity contribution in [1.82, 2.24) is 4.57 Å². The van der Waals surface area contributed by atoms with Crippen molar-refractivity contribution in [3.05, 3.63) is 84.5 Å². The molecule has 1 atom stereocenters. The predicted octanol–water partition coefficient (Wildman–Crippen LogP) is 2.88. The van der Waals surface area contributed by atoms with Crippen LogP contribution >= 0.6 is 11.3 Å². The van der Waals surface area contributed by atoms with E-state index in [0.29, 0.717) is 37.7 Å². The molecular weight excluding hydrogens is 478 g/mol. The van der Waals surface area contributed by atoms with Crippen LogP contribution in [0.4, 0.5) is 5.69 Å². The molecular formula is C27H29N3O5S. The van der Waals surface area contributed by atoms with Crippen molar-refractivity contribution in [3.8, 4) is 11.5 Å². The topological polar surface area (TPSA) is 82.4 Å². The van der Waals surface area contributed by atoms with Crippen LogP contribution in [0.3, 0.4) is 0 Å². The summed E-state index contributed by atoms with van der Waals surface area (Å²) in [5.41, 5.74) is 3.14. The van der Waals surface area contributed by atoms with Crippen molar-refractivity contribution in [2.24, 2.45) is 4.99 Å². The Balaban J connectivity index is 1.95. The molecule has 8 nitrogen and oxygen atoms in total. The number of esters is 1. The molecule has 36 heavy (non-hydrogen) atoms. The zero-order valence-electron chi connectivity index (χ0n) is 21.2. The van der Waals surface area contributed by atoms with Gasteiger partial charge in [-0.25, -0.2) is 9.79 Å². The van der Waals surface area contributed by atoms with Gasteiger partial charge in [-0.15, -0.1) is 0 Å². The molecule has 0 fully saturated rings. The smallest absolute Gasteiger partial charge is 0.338 e. The van der Waals surface area contributed by atoms with Gasteiger partial charge in [-0.1, -0.05) is 35.6 Å². The summed E-state index contributed by atoms with van der Waals surface area (Å²) < 4.78 is 18.3. The Kier molecular flexibility index (Phi) is 7.30. The number of nitrogens with zero attached hydrogens (tertiary/aromatic N) is 3. The first-order valence-electron chi connectivity index (χ1n) is 11.5. The molecule has 0 radical (unpaired) electrons. The Bertz CT molecular complexity index is 1500. The van der Waals surface area contributed by atoms with Gasteiger partial charge in [-0.05, 0) is 43.7 Å². The first-order chi connectivity index (χ1) is 17.3. The van der Waals surface area contributed by atoms with E-state index in [2.05, 4.69) is 4.99 Å². The Morgan fingerprint density at radius 1 is 1.14 bits per heavy atom. The van der Waals surface area contributed by atoms with Crippen molar-refractivity contribution < 1.29 is 19.0 Å². The normalized spacial score (nSPS) is 15.3. The molecule has 2 aromatic carbocycles. The number of benzene rings is 2. The highest BCUT2D eigenvalue weighted by Gasteiger charge is 2.33. The number of carbonyl (C=O) groups is 1. The molecule has 0 unspecified atom stereocenters. The number of fused-ring (bicyclic) bond motifs is 1. The number of thiazole rings is 1. The minimum atomic E-state index is -0.661. The summed E-state index contributed by atoms with van der Waals surface area (Å²) in [5.74, 6) is 0.618. The fourth-order valence-corrected chi connectivity index (χ4v) is 5.27. The summed E-state index contributed by atoms with van der Waals surface area (Å²) >= 11 is 1.26. The quantitative estimate of drug-likeness (QED) is 0.458. The van der Waals surface area contributed by atoms with Gasteiger partial charge < -0.3 is 19.1 Å². The van der Waals surface area contributed by atoms with E-state index in [1.165, 1.54) is 11.3 Å². The molecule has 0 spiro atoms. The van der Waals surface area contributed by atoms with E-state index >= 15 is 0 Å². The number of hydrogen-bond acceptors (Lipinski definition) is 8. The van der Waals surface area contributed by atoms with E-state index in [9.17, 15) is 9.59 Å². The van der Waals surface area contributed by atoms with Gasteiger partial charge >= 0.3 is 5.97 Å². The lowest BCUT2D eigenvalue weighted by Crippen LogP contribution is -2.40. The Morgan fingerprint density at radius 3 is 2.47 bits per heavy atom. The molecule has 1 aromatic heterocycles.